The van der Waals surface area contributed by atoms with Crippen molar-refractivity contribution < 1.29 is 4.39 Å². The third-order valence-corrected chi connectivity index (χ3v) is 2.61. The standard InChI is InChI=1S/C13H21FN4/c1-10-2-4-11(5-3-10)9-17-7-6-12(8-14)18-13(15)16/h2-5,12,17H,6-9H2,1H3,(H4,15,16,18). The Kier molecular flexibility index (Phi) is 6.14. The molecule has 18 heavy (non-hydrogen) atoms. The molecule has 0 fully saturated rings. The highest BCUT2D eigenvalue weighted by atomic mass is 19.1. The highest BCUT2D eigenvalue weighted by Crippen LogP contribution is 2.03. The van der Waals surface area contributed by atoms with Gasteiger partial charge in [0, 0.05) is 6.54 Å². The molecule has 0 saturated heterocycles. The van der Waals surface area contributed by atoms with Crippen molar-refractivity contribution in [3.63, 3.8) is 0 Å². The van der Waals surface area contributed by atoms with Gasteiger partial charge in [-0.2, -0.15) is 0 Å². The van der Waals surface area contributed by atoms with Gasteiger partial charge in [-0.15, -0.1) is 0 Å². The quantitative estimate of drug-likeness (QED) is 0.386. The SMILES string of the molecule is Cc1ccc(CNCCC(CF)N=C(N)N)cc1. The van der Waals surface area contributed by atoms with Gasteiger partial charge < -0.3 is 16.8 Å². The van der Waals surface area contributed by atoms with E-state index in [-0.39, 0.29) is 5.96 Å². The number of rotatable bonds is 7. The molecule has 0 bridgehead atoms. The minimum absolute atomic E-state index is 0.0591. The van der Waals surface area contributed by atoms with Gasteiger partial charge >= 0.3 is 0 Å². The van der Waals surface area contributed by atoms with Crippen molar-refractivity contribution in [1.82, 2.24) is 5.32 Å². The summed E-state index contributed by atoms with van der Waals surface area (Å²) in [6, 6.07) is 7.85. The maximum Gasteiger partial charge on any atom is 0.186 e. The van der Waals surface area contributed by atoms with Gasteiger partial charge in [0.05, 0.1) is 6.04 Å². The van der Waals surface area contributed by atoms with E-state index in [1.807, 2.05) is 0 Å². The molecule has 100 valence electrons. The fourth-order valence-electron chi connectivity index (χ4n) is 1.59. The van der Waals surface area contributed by atoms with Gasteiger partial charge in [-0.25, -0.2) is 9.38 Å². The molecular weight excluding hydrogens is 231 g/mol. The third-order valence-electron chi connectivity index (χ3n) is 2.61. The van der Waals surface area contributed by atoms with Crippen LogP contribution in [0.1, 0.15) is 17.5 Å². The average Bonchev–Trinajstić information content (AvgIpc) is 2.34. The van der Waals surface area contributed by atoms with Crippen LogP contribution in [-0.4, -0.2) is 25.2 Å². The van der Waals surface area contributed by atoms with Crippen molar-refractivity contribution in [2.24, 2.45) is 16.5 Å². The topological polar surface area (TPSA) is 76.4 Å². The smallest absolute Gasteiger partial charge is 0.186 e. The van der Waals surface area contributed by atoms with Crippen LogP contribution in [0.15, 0.2) is 29.3 Å². The first-order chi connectivity index (χ1) is 8.61. The summed E-state index contributed by atoms with van der Waals surface area (Å²) in [5.41, 5.74) is 12.9. The normalized spacial score (nSPS) is 12.1. The number of guanidine groups is 1. The number of nitrogens with two attached hydrogens (primary N) is 2. The Hall–Kier alpha value is -1.62. The second kappa shape index (κ2) is 7.66. The number of halogens is 1. The summed E-state index contributed by atoms with van der Waals surface area (Å²) in [4.78, 5) is 3.81. The molecule has 1 aromatic carbocycles. The number of benzene rings is 1. The van der Waals surface area contributed by atoms with E-state index in [2.05, 4.69) is 41.5 Å². The van der Waals surface area contributed by atoms with Crippen LogP contribution in [0.25, 0.3) is 0 Å². The molecule has 4 nitrogen and oxygen atoms in total. The molecular formula is C13H21FN4. The summed E-state index contributed by atoms with van der Waals surface area (Å²) in [5, 5.41) is 3.24. The molecule has 0 aliphatic rings. The van der Waals surface area contributed by atoms with Gasteiger partial charge in [0.15, 0.2) is 5.96 Å². The zero-order valence-electron chi connectivity index (χ0n) is 10.7. The van der Waals surface area contributed by atoms with E-state index in [1.54, 1.807) is 0 Å². The number of aryl methyl sites for hydroxylation is 1. The summed E-state index contributed by atoms with van der Waals surface area (Å²) in [5.74, 6) is -0.0591. The Morgan fingerprint density at radius 1 is 1.33 bits per heavy atom. The van der Waals surface area contributed by atoms with Crippen molar-refractivity contribution in [1.29, 1.82) is 0 Å². The van der Waals surface area contributed by atoms with E-state index in [4.69, 9.17) is 11.5 Å². The van der Waals surface area contributed by atoms with E-state index >= 15 is 0 Å². The molecule has 0 amide bonds. The predicted octanol–water partition coefficient (Wildman–Crippen LogP) is 1.09. The summed E-state index contributed by atoms with van der Waals surface area (Å²) < 4.78 is 12.6. The number of hydrogen-bond acceptors (Lipinski definition) is 2. The second-order valence-electron chi connectivity index (χ2n) is 4.31. The largest absolute Gasteiger partial charge is 0.370 e. The first-order valence-corrected chi connectivity index (χ1v) is 6.02. The van der Waals surface area contributed by atoms with E-state index in [0.717, 1.165) is 6.54 Å². The van der Waals surface area contributed by atoms with E-state index < -0.39 is 12.7 Å². The zero-order valence-corrected chi connectivity index (χ0v) is 10.7. The average molecular weight is 252 g/mol. The molecule has 1 rings (SSSR count). The van der Waals surface area contributed by atoms with Crippen LogP contribution in [-0.2, 0) is 6.54 Å². The molecule has 1 aromatic rings. The van der Waals surface area contributed by atoms with Crippen LogP contribution in [0.5, 0.6) is 0 Å². The molecule has 0 aromatic heterocycles. The Balaban J connectivity index is 2.25. The zero-order chi connectivity index (χ0) is 13.4. The van der Waals surface area contributed by atoms with Gasteiger partial charge in [0.25, 0.3) is 0 Å². The predicted molar refractivity (Wildman–Crippen MR) is 73.1 cm³/mol. The number of nitrogens with one attached hydrogen (secondary N) is 1. The number of hydrogen-bond donors (Lipinski definition) is 3. The highest BCUT2D eigenvalue weighted by molar-refractivity contribution is 5.75. The summed E-state index contributed by atoms with van der Waals surface area (Å²) in [6.45, 7) is 2.96. The lowest BCUT2D eigenvalue weighted by atomic mass is 10.1. The van der Waals surface area contributed by atoms with Crippen molar-refractivity contribution in [3.05, 3.63) is 35.4 Å². The maximum absolute atomic E-state index is 12.6. The van der Waals surface area contributed by atoms with Gasteiger partial charge in [-0.3, -0.25) is 0 Å². The highest BCUT2D eigenvalue weighted by Gasteiger charge is 2.05. The number of aliphatic imine (C=N–C) groups is 1. The molecule has 5 N–H and O–H groups in total. The first kappa shape index (κ1) is 14.4. The Morgan fingerprint density at radius 2 is 2.00 bits per heavy atom. The van der Waals surface area contributed by atoms with Gasteiger partial charge in [0.1, 0.15) is 6.67 Å². The van der Waals surface area contributed by atoms with Crippen molar-refractivity contribution in [2.75, 3.05) is 13.2 Å². The molecule has 0 aliphatic heterocycles. The van der Waals surface area contributed by atoms with Gasteiger partial charge in [-0.1, -0.05) is 29.8 Å². The molecule has 1 atom stereocenters. The van der Waals surface area contributed by atoms with Crippen molar-refractivity contribution in [3.8, 4) is 0 Å². The first-order valence-electron chi connectivity index (χ1n) is 6.02. The number of alkyl halides is 1. The fraction of sp³-hybridized carbons (Fsp3) is 0.462. The monoisotopic (exact) mass is 252 g/mol. The van der Waals surface area contributed by atoms with Gasteiger partial charge in [0.2, 0.25) is 0 Å². The van der Waals surface area contributed by atoms with Crippen molar-refractivity contribution >= 4 is 5.96 Å². The van der Waals surface area contributed by atoms with E-state index in [9.17, 15) is 4.39 Å². The van der Waals surface area contributed by atoms with Crippen LogP contribution in [0.4, 0.5) is 4.39 Å². The van der Waals surface area contributed by atoms with Crippen molar-refractivity contribution in [2.45, 2.75) is 25.9 Å². The molecule has 0 aliphatic carbocycles. The fourth-order valence-corrected chi connectivity index (χ4v) is 1.59. The molecule has 0 radical (unpaired) electrons. The minimum atomic E-state index is -0.538. The Labute approximate surface area is 107 Å². The Morgan fingerprint density at radius 3 is 2.56 bits per heavy atom. The third kappa shape index (κ3) is 5.63. The van der Waals surface area contributed by atoms with Crippen LogP contribution >= 0.6 is 0 Å². The van der Waals surface area contributed by atoms with E-state index in [1.165, 1.54) is 11.1 Å². The van der Waals surface area contributed by atoms with Gasteiger partial charge in [-0.05, 0) is 25.5 Å². The van der Waals surface area contributed by atoms with Crippen LogP contribution in [0.3, 0.4) is 0 Å². The van der Waals surface area contributed by atoms with Crippen LogP contribution in [0.2, 0.25) is 0 Å². The molecule has 0 spiro atoms. The lowest BCUT2D eigenvalue weighted by molar-refractivity contribution is 0.408. The van der Waals surface area contributed by atoms with Crippen LogP contribution < -0.4 is 16.8 Å². The summed E-state index contributed by atoms with van der Waals surface area (Å²) >= 11 is 0. The second-order valence-corrected chi connectivity index (χ2v) is 4.31. The summed E-state index contributed by atoms with van der Waals surface area (Å²) in [7, 11) is 0. The molecule has 0 saturated carbocycles. The molecule has 1 unspecified atom stereocenters. The minimum Gasteiger partial charge on any atom is -0.370 e. The maximum atomic E-state index is 12.6. The van der Waals surface area contributed by atoms with E-state index in [0.29, 0.717) is 13.0 Å². The lowest BCUT2D eigenvalue weighted by Crippen LogP contribution is -2.28. The Bertz CT molecular complexity index is 371. The summed E-state index contributed by atoms with van der Waals surface area (Å²) in [6.07, 6.45) is 0.584. The van der Waals surface area contributed by atoms with Crippen LogP contribution in [0, 0.1) is 6.92 Å². The molecule has 0 heterocycles. The number of nitrogens with zero attached hydrogens (tertiary/aromatic N) is 1. The molecule has 5 heteroatoms. The lowest BCUT2D eigenvalue weighted by Gasteiger charge is -2.09.